The van der Waals surface area contributed by atoms with Crippen molar-refractivity contribution in [2.24, 2.45) is 0 Å². The summed E-state index contributed by atoms with van der Waals surface area (Å²) in [6.07, 6.45) is 5.06. The van der Waals surface area contributed by atoms with E-state index in [1.807, 2.05) is 71.5 Å². The maximum Gasteiger partial charge on any atom is 0.324 e. The molecule has 1 aliphatic heterocycles. The van der Waals surface area contributed by atoms with Crippen LogP contribution >= 0.6 is 0 Å². The van der Waals surface area contributed by atoms with E-state index in [1.54, 1.807) is 6.08 Å². The summed E-state index contributed by atoms with van der Waals surface area (Å²) in [5.41, 5.74) is 3.68. The van der Waals surface area contributed by atoms with Gasteiger partial charge in [0.2, 0.25) is 11.8 Å². The third-order valence-corrected chi connectivity index (χ3v) is 5.01. The number of nitrogens with one attached hydrogen (secondary N) is 2. The molecule has 2 N–H and O–H groups in total. The largest absolute Gasteiger partial charge is 0.351 e. The lowest BCUT2D eigenvalue weighted by Crippen LogP contribution is -2.38. The quantitative estimate of drug-likeness (QED) is 0.424. The van der Waals surface area contributed by atoms with Gasteiger partial charge in [-0.25, -0.2) is 4.79 Å². The highest BCUT2D eigenvalue weighted by atomic mass is 16.2. The fraction of sp³-hybridized carbons (Fsp3) is 0.167. The van der Waals surface area contributed by atoms with E-state index in [4.69, 9.17) is 5.10 Å². The number of hydrogen-bond acceptors (Lipinski definition) is 4. The van der Waals surface area contributed by atoms with Gasteiger partial charge in [-0.1, -0.05) is 60.7 Å². The molecule has 0 atom stereocenters. The second-order valence-corrected chi connectivity index (χ2v) is 7.31. The minimum Gasteiger partial charge on any atom is -0.351 e. The smallest absolute Gasteiger partial charge is 0.324 e. The first-order valence-corrected chi connectivity index (χ1v) is 10.3. The molecule has 3 aromatic rings. The highest BCUT2D eigenvalue weighted by molar-refractivity contribution is 6.02. The first-order chi connectivity index (χ1) is 15.6. The van der Waals surface area contributed by atoms with Crippen LogP contribution in [0.25, 0.3) is 17.3 Å². The number of aromatic nitrogens is 2. The van der Waals surface area contributed by atoms with Gasteiger partial charge >= 0.3 is 6.03 Å². The summed E-state index contributed by atoms with van der Waals surface area (Å²) in [6, 6.07) is 19.4. The fourth-order valence-electron chi connectivity index (χ4n) is 3.43. The summed E-state index contributed by atoms with van der Waals surface area (Å²) in [4.78, 5) is 36.5. The van der Waals surface area contributed by atoms with Crippen LogP contribution in [-0.2, 0) is 16.1 Å². The first kappa shape index (κ1) is 21.0. The Morgan fingerprint density at radius 2 is 1.78 bits per heavy atom. The Kier molecular flexibility index (Phi) is 6.41. The molecule has 0 aliphatic carbocycles. The monoisotopic (exact) mass is 429 g/mol. The Morgan fingerprint density at radius 3 is 2.47 bits per heavy atom. The van der Waals surface area contributed by atoms with E-state index in [2.05, 4.69) is 10.6 Å². The van der Waals surface area contributed by atoms with Crippen LogP contribution in [-0.4, -0.2) is 52.2 Å². The number of rotatable bonds is 8. The Hall–Kier alpha value is -4.20. The summed E-state index contributed by atoms with van der Waals surface area (Å²) in [5, 5.41) is 9.88. The number of benzene rings is 2. The van der Waals surface area contributed by atoms with Crippen molar-refractivity contribution < 1.29 is 14.4 Å². The number of imide groups is 1. The number of carbonyl (C=O) groups excluding carboxylic acids is 3. The van der Waals surface area contributed by atoms with E-state index in [9.17, 15) is 14.4 Å². The van der Waals surface area contributed by atoms with Gasteiger partial charge < -0.3 is 10.6 Å². The van der Waals surface area contributed by atoms with Gasteiger partial charge in [-0.15, -0.1) is 0 Å². The summed E-state index contributed by atoms with van der Waals surface area (Å²) < 4.78 is 1.85. The summed E-state index contributed by atoms with van der Waals surface area (Å²) >= 11 is 0. The molecule has 4 amide bonds. The van der Waals surface area contributed by atoms with Gasteiger partial charge in [0.05, 0.1) is 18.8 Å². The Labute approximate surface area is 185 Å². The molecule has 32 heavy (non-hydrogen) atoms. The molecule has 1 fully saturated rings. The molecule has 0 bridgehead atoms. The van der Waals surface area contributed by atoms with Crippen molar-refractivity contribution in [3.05, 3.63) is 84.1 Å². The molecule has 0 unspecified atom stereocenters. The lowest BCUT2D eigenvalue weighted by atomic mass is 10.1. The Bertz CT molecular complexity index is 1120. The summed E-state index contributed by atoms with van der Waals surface area (Å²) in [5.74, 6) is -0.606. The predicted molar refractivity (Wildman–Crippen MR) is 120 cm³/mol. The lowest BCUT2D eigenvalue weighted by molar-refractivity contribution is -0.125. The fourth-order valence-corrected chi connectivity index (χ4v) is 3.43. The molecule has 4 rings (SSSR count). The Balaban J connectivity index is 1.45. The van der Waals surface area contributed by atoms with Gasteiger partial charge in [0.15, 0.2) is 0 Å². The Morgan fingerprint density at radius 1 is 1.06 bits per heavy atom. The van der Waals surface area contributed by atoms with E-state index >= 15 is 0 Å². The third-order valence-electron chi connectivity index (χ3n) is 5.01. The average molecular weight is 429 g/mol. The van der Waals surface area contributed by atoms with E-state index < -0.39 is 6.03 Å². The maximum atomic E-state index is 12.3. The molecule has 0 radical (unpaired) electrons. The van der Waals surface area contributed by atoms with E-state index in [0.29, 0.717) is 6.54 Å². The standard InChI is InChI=1S/C24H23N5O3/c30-21(25-13-14-29-22(31)15-26-24(29)32)12-11-20-17-28(16-18-7-3-1-4-8-18)27-23(20)19-9-5-2-6-10-19/h1-12,17H,13-16H2,(H,25,30)(H,26,32)/b12-11+. The molecule has 2 aromatic carbocycles. The van der Waals surface area contributed by atoms with E-state index in [-0.39, 0.29) is 31.4 Å². The molecule has 8 heteroatoms. The van der Waals surface area contributed by atoms with Crippen molar-refractivity contribution in [3.8, 4) is 11.3 Å². The van der Waals surface area contributed by atoms with Gasteiger partial charge in [-0.2, -0.15) is 5.10 Å². The third kappa shape index (κ3) is 5.10. The van der Waals surface area contributed by atoms with Crippen LogP contribution < -0.4 is 10.6 Å². The summed E-state index contributed by atoms with van der Waals surface area (Å²) in [7, 11) is 0. The van der Waals surface area contributed by atoms with Crippen molar-refractivity contribution in [2.45, 2.75) is 6.54 Å². The SMILES string of the molecule is O=C(/C=C/c1cn(Cc2ccccc2)nc1-c1ccccc1)NCCN1C(=O)CNC1=O. The van der Waals surface area contributed by atoms with Gasteiger partial charge in [-0.05, 0) is 11.6 Å². The van der Waals surface area contributed by atoms with Gasteiger partial charge in [0.25, 0.3) is 0 Å². The van der Waals surface area contributed by atoms with Crippen molar-refractivity contribution >= 4 is 23.9 Å². The highest BCUT2D eigenvalue weighted by Gasteiger charge is 2.27. The molecular formula is C24H23N5O3. The zero-order valence-electron chi connectivity index (χ0n) is 17.4. The number of carbonyl (C=O) groups is 3. The van der Waals surface area contributed by atoms with Gasteiger partial charge in [-0.3, -0.25) is 19.2 Å². The van der Waals surface area contributed by atoms with Crippen LogP contribution in [0.4, 0.5) is 4.79 Å². The number of hydrogen-bond donors (Lipinski definition) is 2. The second-order valence-electron chi connectivity index (χ2n) is 7.31. The molecule has 1 aromatic heterocycles. The molecule has 162 valence electrons. The molecule has 0 spiro atoms. The second kappa shape index (κ2) is 9.74. The average Bonchev–Trinajstić information content (AvgIpc) is 3.36. The van der Waals surface area contributed by atoms with Crippen LogP contribution in [0.3, 0.4) is 0 Å². The molecular weight excluding hydrogens is 406 g/mol. The molecule has 1 saturated heterocycles. The first-order valence-electron chi connectivity index (χ1n) is 10.3. The molecule has 2 heterocycles. The van der Waals surface area contributed by atoms with E-state index in [0.717, 1.165) is 27.3 Å². The van der Waals surface area contributed by atoms with Crippen molar-refractivity contribution in [1.82, 2.24) is 25.3 Å². The number of amides is 4. The van der Waals surface area contributed by atoms with Crippen LogP contribution in [0, 0.1) is 0 Å². The van der Waals surface area contributed by atoms with Crippen LogP contribution in [0.2, 0.25) is 0 Å². The highest BCUT2D eigenvalue weighted by Crippen LogP contribution is 2.23. The van der Waals surface area contributed by atoms with Gasteiger partial charge in [0.1, 0.15) is 0 Å². The minimum absolute atomic E-state index is 0.00190. The predicted octanol–water partition coefficient (Wildman–Crippen LogP) is 2.28. The van der Waals surface area contributed by atoms with Crippen LogP contribution in [0.1, 0.15) is 11.1 Å². The zero-order valence-corrected chi connectivity index (χ0v) is 17.4. The zero-order chi connectivity index (χ0) is 22.3. The summed E-state index contributed by atoms with van der Waals surface area (Å²) in [6.45, 7) is 0.935. The lowest BCUT2D eigenvalue weighted by Gasteiger charge is -2.11. The van der Waals surface area contributed by atoms with Crippen molar-refractivity contribution in [3.63, 3.8) is 0 Å². The van der Waals surface area contributed by atoms with Gasteiger partial charge in [0, 0.05) is 36.5 Å². The topological polar surface area (TPSA) is 96.3 Å². The molecule has 0 saturated carbocycles. The molecule has 8 nitrogen and oxygen atoms in total. The van der Waals surface area contributed by atoms with Crippen molar-refractivity contribution in [2.75, 3.05) is 19.6 Å². The normalized spacial score (nSPS) is 13.6. The number of urea groups is 1. The van der Waals surface area contributed by atoms with Crippen LogP contribution in [0.5, 0.6) is 0 Å². The number of nitrogens with zero attached hydrogens (tertiary/aromatic N) is 3. The van der Waals surface area contributed by atoms with Crippen molar-refractivity contribution in [1.29, 1.82) is 0 Å². The minimum atomic E-state index is -0.432. The van der Waals surface area contributed by atoms with Crippen LogP contribution in [0.15, 0.2) is 72.9 Å². The van der Waals surface area contributed by atoms with E-state index in [1.165, 1.54) is 6.08 Å². The molecule has 1 aliphatic rings. The maximum absolute atomic E-state index is 12.3.